The van der Waals surface area contributed by atoms with Crippen LogP contribution in [0.5, 0.6) is 0 Å². The lowest BCUT2D eigenvalue weighted by Gasteiger charge is -2.56. The molecule has 0 spiro atoms. The van der Waals surface area contributed by atoms with E-state index in [9.17, 15) is 9.59 Å². The number of rotatable bonds is 10. The SMILES string of the molecule is CC(CCOC(=O)CCN1CCN(C)CC1)COC(=O)CC12CC3CC(CC(C3)C1)C2. The summed E-state index contributed by atoms with van der Waals surface area (Å²) in [5.74, 6) is 2.67. The minimum atomic E-state index is -0.120. The third-order valence-corrected chi connectivity index (χ3v) is 8.31. The summed E-state index contributed by atoms with van der Waals surface area (Å²) in [4.78, 5) is 29.2. The van der Waals surface area contributed by atoms with Crippen LogP contribution in [0.3, 0.4) is 0 Å². The van der Waals surface area contributed by atoms with Crippen molar-refractivity contribution >= 4 is 11.9 Å². The van der Waals surface area contributed by atoms with Crippen molar-refractivity contribution in [2.24, 2.45) is 29.1 Å². The van der Waals surface area contributed by atoms with Gasteiger partial charge >= 0.3 is 11.9 Å². The van der Waals surface area contributed by atoms with E-state index in [1.54, 1.807) is 0 Å². The van der Waals surface area contributed by atoms with E-state index in [1.165, 1.54) is 38.5 Å². The maximum absolute atomic E-state index is 12.6. The Morgan fingerprint density at radius 2 is 1.55 bits per heavy atom. The van der Waals surface area contributed by atoms with Gasteiger partial charge in [0.2, 0.25) is 0 Å². The van der Waals surface area contributed by atoms with Gasteiger partial charge in [-0.25, -0.2) is 0 Å². The van der Waals surface area contributed by atoms with Gasteiger partial charge in [-0.15, -0.1) is 0 Å². The fourth-order valence-corrected chi connectivity index (χ4v) is 6.95. The Bertz CT molecular complexity index is 594. The first-order valence-electron chi connectivity index (χ1n) is 12.6. The number of carbonyl (C=O) groups excluding carboxylic acids is 2. The molecule has 5 rings (SSSR count). The molecule has 6 heteroatoms. The molecule has 0 aromatic carbocycles. The number of esters is 2. The van der Waals surface area contributed by atoms with Crippen molar-refractivity contribution in [1.29, 1.82) is 0 Å². The monoisotopic (exact) mass is 434 g/mol. The minimum Gasteiger partial charge on any atom is -0.466 e. The molecule has 1 heterocycles. The molecule has 4 saturated carbocycles. The lowest BCUT2D eigenvalue weighted by molar-refractivity contribution is -0.154. The highest BCUT2D eigenvalue weighted by Crippen LogP contribution is 2.61. The fourth-order valence-electron chi connectivity index (χ4n) is 6.95. The molecule has 6 nitrogen and oxygen atoms in total. The zero-order valence-corrected chi connectivity index (χ0v) is 19.7. The van der Waals surface area contributed by atoms with Crippen molar-refractivity contribution in [3.63, 3.8) is 0 Å². The average molecular weight is 435 g/mol. The van der Waals surface area contributed by atoms with Crippen molar-refractivity contribution in [3.05, 3.63) is 0 Å². The van der Waals surface area contributed by atoms with Gasteiger partial charge in [0.25, 0.3) is 0 Å². The van der Waals surface area contributed by atoms with Crippen LogP contribution in [0.25, 0.3) is 0 Å². The maximum Gasteiger partial charge on any atom is 0.307 e. The second kappa shape index (κ2) is 10.2. The number of hydrogen-bond acceptors (Lipinski definition) is 6. The molecule has 5 fully saturated rings. The topological polar surface area (TPSA) is 59.1 Å². The first-order valence-corrected chi connectivity index (χ1v) is 12.6. The standard InChI is InChI=1S/C25H42N2O4/c1-19(4-10-30-23(28)3-5-27-8-6-26(2)7-9-27)18-31-24(29)17-25-14-20-11-21(15-25)13-22(12-20)16-25/h19-22H,3-18H2,1-2H3. The van der Waals surface area contributed by atoms with Gasteiger partial charge in [0, 0.05) is 32.7 Å². The third-order valence-electron chi connectivity index (χ3n) is 8.31. The van der Waals surface area contributed by atoms with Crippen LogP contribution in [0.2, 0.25) is 0 Å². The maximum atomic E-state index is 12.6. The molecule has 176 valence electrons. The smallest absolute Gasteiger partial charge is 0.307 e. The summed E-state index contributed by atoms with van der Waals surface area (Å²) in [5.41, 5.74) is 0.244. The van der Waals surface area contributed by atoms with E-state index in [-0.39, 0.29) is 23.3 Å². The molecule has 0 aromatic rings. The summed E-state index contributed by atoms with van der Waals surface area (Å²) < 4.78 is 11.1. The highest BCUT2D eigenvalue weighted by Gasteiger charge is 2.51. The molecule has 1 saturated heterocycles. The second-order valence-electron chi connectivity index (χ2n) is 11.3. The van der Waals surface area contributed by atoms with E-state index in [0.29, 0.717) is 26.1 Å². The first kappa shape index (κ1) is 23.0. The Balaban J connectivity index is 1.06. The molecule has 1 aliphatic heterocycles. The predicted molar refractivity (Wildman–Crippen MR) is 119 cm³/mol. The van der Waals surface area contributed by atoms with Crippen LogP contribution in [0.1, 0.15) is 64.7 Å². The molecular weight excluding hydrogens is 392 g/mol. The van der Waals surface area contributed by atoms with Crippen molar-refractivity contribution < 1.29 is 19.1 Å². The second-order valence-corrected chi connectivity index (χ2v) is 11.3. The van der Waals surface area contributed by atoms with Gasteiger partial charge in [0.05, 0.1) is 26.1 Å². The van der Waals surface area contributed by atoms with E-state index >= 15 is 0 Å². The zero-order chi connectivity index (χ0) is 21.8. The lowest BCUT2D eigenvalue weighted by Crippen LogP contribution is -2.47. The Hall–Kier alpha value is -1.14. The van der Waals surface area contributed by atoms with Crippen LogP contribution >= 0.6 is 0 Å². The number of ether oxygens (including phenoxy) is 2. The van der Waals surface area contributed by atoms with E-state index in [2.05, 4.69) is 23.8 Å². The molecule has 5 aliphatic rings. The van der Waals surface area contributed by atoms with Crippen LogP contribution in [0, 0.1) is 29.1 Å². The van der Waals surface area contributed by atoms with E-state index in [0.717, 1.165) is 56.9 Å². The molecule has 0 amide bonds. The van der Waals surface area contributed by atoms with Crippen molar-refractivity contribution in [2.75, 3.05) is 53.0 Å². The van der Waals surface area contributed by atoms with E-state index in [4.69, 9.17) is 9.47 Å². The van der Waals surface area contributed by atoms with Gasteiger partial charge in [-0.05, 0) is 81.1 Å². The zero-order valence-electron chi connectivity index (χ0n) is 19.7. The highest BCUT2D eigenvalue weighted by atomic mass is 16.5. The minimum absolute atomic E-state index is 0.0158. The van der Waals surface area contributed by atoms with Gasteiger partial charge < -0.3 is 19.3 Å². The summed E-state index contributed by atoms with van der Waals surface area (Å²) in [5, 5.41) is 0. The van der Waals surface area contributed by atoms with Crippen LogP contribution in [0.15, 0.2) is 0 Å². The van der Waals surface area contributed by atoms with Gasteiger partial charge in [-0.1, -0.05) is 6.92 Å². The van der Waals surface area contributed by atoms with Gasteiger partial charge in [-0.3, -0.25) is 9.59 Å². The predicted octanol–water partition coefficient (Wildman–Crippen LogP) is 3.34. The third kappa shape index (κ3) is 6.44. The van der Waals surface area contributed by atoms with Gasteiger partial charge in [-0.2, -0.15) is 0 Å². The van der Waals surface area contributed by atoms with Crippen LogP contribution in [-0.4, -0.2) is 74.7 Å². The van der Waals surface area contributed by atoms with Crippen LogP contribution in [-0.2, 0) is 19.1 Å². The molecule has 0 radical (unpaired) electrons. The highest BCUT2D eigenvalue weighted by molar-refractivity contribution is 5.70. The van der Waals surface area contributed by atoms with E-state index < -0.39 is 0 Å². The summed E-state index contributed by atoms with van der Waals surface area (Å²) in [6.07, 6.45) is 9.75. The molecular formula is C25H42N2O4. The number of hydrogen-bond donors (Lipinski definition) is 0. The Morgan fingerprint density at radius 1 is 0.935 bits per heavy atom. The summed E-state index contributed by atoms with van der Waals surface area (Å²) in [6.45, 7) is 7.87. The van der Waals surface area contributed by atoms with Crippen molar-refractivity contribution in [3.8, 4) is 0 Å². The van der Waals surface area contributed by atoms with Gasteiger partial charge in [0.15, 0.2) is 0 Å². The lowest BCUT2D eigenvalue weighted by atomic mass is 9.49. The van der Waals surface area contributed by atoms with Gasteiger partial charge in [0.1, 0.15) is 0 Å². The Labute approximate surface area is 188 Å². The number of nitrogens with zero attached hydrogens (tertiary/aromatic N) is 2. The number of piperazine rings is 1. The molecule has 1 atom stereocenters. The molecule has 0 aromatic heterocycles. The number of carbonyl (C=O) groups is 2. The van der Waals surface area contributed by atoms with Crippen LogP contribution in [0.4, 0.5) is 0 Å². The molecule has 31 heavy (non-hydrogen) atoms. The Kier molecular flexibility index (Phi) is 7.58. The summed E-state index contributed by atoms with van der Waals surface area (Å²) >= 11 is 0. The largest absolute Gasteiger partial charge is 0.466 e. The van der Waals surface area contributed by atoms with Crippen LogP contribution < -0.4 is 0 Å². The molecule has 0 N–H and O–H groups in total. The summed E-state index contributed by atoms with van der Waals surface area (Å²) in [7, 11) is 2.13. The fraction of sp³-hybridized carbons (Fsp3) is 0.920. The number of likely N-dealkylation sites (N-methyl/N-ethyl adjacent to an activating group) is 1. The summed E-state index contributed by atoms with van der Waals surface area (Å²) in [6, 6.07) is 0. The molecule has 4 aliphatic carbocycles. The normalized spacial score (nSPS) is 33.9. The van der Waals surface area contributed by atoms with E-state index in [1.807, 2.05) is 0 Å². The van der Waals surface area contributed by atoms with Crippen molar-refractivity contribution in [2.45, 2.75) is 64.7 Å². The molecule has 1 unspecified atom stereocenters. The van der Waals surface area contributed by atoms with Crippen molar-refractivity contribution in [1.82, 2.24) is 9.80 Å². The quantitative estimate of drug-likeness (QED) is 0.492. The molecule has 4 bridgehead atoms. The Morgan fingerprint density at radius 3 is 2.16 bits per heavy atom. The first-order chi connectivity index (χ1) is 14.9. The average Bonchev–Trinajstić information content (AvgIpc) is 2.70.